The van der Waals surface area contributed by atoms with E-state index in [1.807, 2.05) is 0 Å². The molecule has 2 heteroatoms. The second kappa shape index (κ2) is 8.52. The van der Waals surface area contributed by atoms with Gasteiger partial charge in [0.05, 0.1) is 6.61 Å². The third kappa shape index (κ3) is 8.26. The summed E-state index contributed by atoms with van der Waals surface area (Å²) in [5.74, 6) is 1.60. The lowest BCUT2D eigenvalue weighted by molar-refractivity contribution is -0.243. The van der Waals surface area contributed by atoms with Gasteiger partial charge in [-0.15, -0.1) is 0 Å². The summed E-state index contributed by atoms with van der Waals surface area (Å²) < 4.78 is 0. The summed E-state index contributed by atoms with van der Waals surface area (Å²) in [4.78, 5) is 4.04. The molecule has 0 aliphatic heterocycles. The first-order valence-electron chi connectivity index (χ1n) is 5.47. The highest BCUT2D eigenvalue weighted by Crippen LogP contribution is 2.19. The Hall–Kier alpha value is -0.0800. The SMILES string of the molecule is CCCC(C)CC(C)CCCOO. The second-order valence-electron chi connectivity index (χ2n) is 4.21. The first-order valence-corrected chi connectivity index (χ1v) is 5.47. The van der Waals surface area contributed by atoms with Gasteiger partial charge in [0.2, 0.25) is 0 Å². The topological polar surface area (TPSA) is 29.5 Å². The zero-order valence-electron chi connectivity index (χ0n) is 9.25. The summed E-state index contributed by atoms with van der Waals surface area (Å²) in [7, 11) is 0. The lowest BCUT2D eigenvalue weighted by Crippen LogP contribution is -2.04. The molecule has 0 saturated heterocycles. The van der Waals surface area contributed by atoms with Gasteiger partial charge in [-0.3, -0.25) is 5.26 Å². The minimum Gasteiger partial charge on any atom is -0.252 e. The van der Waals surface area contributed by atoms with Crippen molar-refractivity contribution in [1.82, 2.24) is 0 Å². The lowest BCUT2D eigenvalue weighted by Gasteiger charge is -2.16. The van der Waals surface area contributed by atoms with Crippen molar-refractivity contribution in [3.05, 3.63) is 0 Å². The van der Waals surface area contributed by atoms with Crippen LogP contribution in [0.25, 0.3) is 0 Å². The second-order valence-corrected chi connectivity index (χ2v) is 4.21. The zero-order valence-corrected chi connectivity index (χ0v) is 9.25. The quantitative estimate of drug-likeness (QED) is 0.357. The Balaban J connectivity index is 3.32. The van der Waals surface area contributed by atoms with Crippen molar-refractivity contribution in [1.29, 1.82) is 0 Å². The third-order valence-corrected chi connectivity index (χ3v) is 2.52. The van der Waals surface area contributed by atoms with Gasteiger partial charge in [0, 0.05) is 0 Å². The van der Waals surface area contributed by atoms with E-state index >= 15 is 0 Å². The van der Waals surface area contributed by atoms with Crippen molar-refractivity contribution in [2.45, 2.75) is 52.9 Å². The summed E-state index contributed by atoms with van der Waals surface area (Å²) in [6.45, 7) is 7.32. The summed E-state index contributed by atoms with van der Waals surface area (Å²) in [6, 6.07) is 0. The Labute approximate surface area is 82.2 Å². The standard InChI is InChI=1S/C11H24O2/c1-4-6-10(2)9-11(3)7-5-8-13-12/h10-12H,4-9H2,1-3H3. The molecular weight excluding hydrogens is 164 g/mol. The number of hydrogen-bond donors (Lipinski definition) is 1. The molecule has 2 unspecified atom stereocenters. The summed E-state index contributed by atoms with van der Waals surface area (Å²) in [6.07, 6.45) is 6.05. The Bertz CT molecular complexity index is 104. The van der Waals surface area contributed by atoms with Gasteiger partial charge in [-0.2, -0.15) is 0 Å². The molecule has 0 aromatic heterocycles. The highest BCUT2D eigenvalue weighted by atomic mass is 17.1. The van der Waals surface area contributed by atoms with Crippen molar-refractivity contribution in [3.63, 3.8) is 0 Å². The molecule has 0 saturated carbocycles. The maximum Gasteiger partial charge on any atom is 0.0819 e. The molecule has 0 radical (unpaired) electrons. The fourth-order valence-electron chi connectivity index (χ4n) is 1.91. The zero-order chi connectivity index (χ0) is 10.1. The molecule has 13 heavy (non-hydrogen) atoms. The first-order chi connectivity index (χ1) is 6.20. The molecule has 0 heterocycles. The molecule has 0 spiro atoms. The average Bonchev–Trinajstić information content (AvgIpc) is 2.05. The normalized spacial score (nSPS) is 15.7. The fraction of sp³-hybridized carbons (Fsp3) is 1.00. The van der Waals surface area contributed by atoms with Crippen molar-refractivity contribution >= 4 is 0 Å². The monoisotopic (exact) mass is 188 g/mol. The van der Waals surface area contributed by atoms with Crippen LogP contribution in [0.1, 0.15) is 52.9 Å². The molecule has 2 atom stereocenters. The third-order valence-electron chi connectivity index (χ3n) is 2.52. The molecule has 0 rings (SSSR count). The van der Waals surface area contributed by atoms with Crippen molar-refractivity contribution < 1.29 is 10.1 Å². The van der Waals surface area contributed by atoms with Crippen molar-refractivity contribution in [2.24, 2.45) is 11.8 Å². The molecule has 0 aromatic carbocycles. The van der Waals surface area contributed by atoms with Gasteiger partial charge in [-0.25, -0.2) is 4.89 Å². The van der Waals surface area contributed by atoms with Crippen LogP contribution in [0.2, 0.25) is 0 Å². The molecule has 1 N–H and O–H groups in total. The molecule has 80 valence electrons. The summed E-state index contributed by atoms with van der Waals surface area (Å²) in [5.41, 5.74) is 0. The van der Waals surface area contributed by atoms with Crippen LogP contribution in [0.5, 0.6) is 0 Å². The van der Waals surface area contributed by atoms with Crippen LogP contribution in [0.4, 0.5) is 0 Å². The molecule has 2 nitrogen and oxygen atoms in total. The Morgan fingerprint density at radius 2 is 1.77 bits per heavy atom. The Kier molecular flexibility index (Phi) is 8.46. The number of rotatable bonds is 8. The van der Waals surface area contributed by atoms with Crippen LogP contribution in [0.15, 0.2) is 0 Å². The van der Waals surface area contributed by atoms with E-state index < -0.39 is 0 Å². The van der Waals surface area contributed by atoms with E-state index in [2.05, 4.69) is 25.7 Å². The predicted molar refractivity (Wildman–Crippen MR) is 55.7 cm³/mol. The molecule has 0 bridgehead atoms. The van der Waals surface area contributed by atoms with E-state index in [0.717, 1.165) is 24.7 Å². The van der Waals surface area contributed by atoms with E-state index in [0.29, 0.717) is 6.61 Å². The van der Waals surface area contributed by atoms with E-state index in [4.69, 9.17) is 5.26 Å². The first kappa shape index (κ1) is 12.9. The smallest absolute Gasteiger partial charge is 0.0819 e. The van der Waals surface area contributed by atoms with Gasteiger partial charge in [-0.05, 0) is 31.1 Å². The Morgan fingerprint density at radius 1 is 1.15 bits per heavy atom. The number of hydrogen-bond acceptors (Lipinski definition) is 2. The minimum atomic E-state index is 0.479. The van der Waals surface area contributed by atoms with Gasteiger partial charge in [0.1, 0.15) is 0 Å². The van der Waals surface area contributed by atoms with Gasteiger partial charge in [0.25, 0.3) is 0 Å². The van der Waals surface area contributed by atoms with Gasteiger partial charge < -0.3 is 0 Å². The van der Waals surface area contributed by atoms with Crippen LogP contribution >= 0.6 is 0 Å². The Morgan fingerprint density at radius 3 is 2.31 bits per heavy atom. The highest BCUT2D eigenvalue weighted by Gasteiger charge is 2.07. The van der Waals surface area contributed by atoms with Gasteiger partial charge in [-0.1, -0.05) is 33.6 Å². The molecule has 0 aromatic rings. The lowest BCUT2D eigenvalue weighted by atomic mass is 9.91. The van der Waals surface area contributed by atoms with Gasteiger partial charge in [0.15, 0.2) is 0 Å². The minimum absolute atomic E-state index is 0.479. The molecular formula is C11H24O2. The van der Waals surface area contributed by atoms with E-state index in [1.54, 1.807) is 0 Å². The highest BCUT2D eigenvalue weighted by molar-refractivity contribution is 4.59. The predicted octanol–water partition coefficient (Wildman–Crippen LogP) is 3.72. The molecule has 0 aliphatic rings. The average molecular weight is 188 g/mol. The van der Waals surface area contributed by atoms with Crippen LogP contribution in [0.3, 0.4) is 0 Å². The van der Waals surface area contributed by atoms with Crippen LogP contribution in [-0.4, -0.2) is 11.9 Å². The molecule has 0 fully saturated rings. The summed E-state index contributed by atoms with van der Waals surface area (Å²) >= 11 is 0. The van der Waals surface area contributed by atoms with E-state index in [9.17, 15) is 0 Å². The molecule has 0 amide bonds. The van der Waals surface area contributed by atoms with Crippen LogP contribution in [0, 0.1) is 11.8 Å². The largest absolute Gasteiger partial charge is 0.252 e. The maximum absolute atomic E-state index is 8.15. The summed E-state index contributed by atoms with van der Waals surface area (Å²) in [5, 5.41) is 8.15. The molecule has 0 aliphatic carbocycles. The maximum atomic E-state index is 8.15. The van der Waals surface area contributed by atoms with Gasteiger partial charge >= 0.3 is 0 Å². The van der Waals surface area contributed by atoms with Crippen molar-refractivity contribution in [2.75, 3.05) is 6.61 Å². The van der Waals surface area contributed by atoms with Crippen LogP contribution < -0.4 is 0 Å². The fourth-order valence-corrected chi connectivity index (χ4v) is 1.91. The van der Waals surface area contributed by atoms with Crippen LogP contribution in [-0.2, 0) is 4.89 Å². The van der Waals surface area contributed by atoms with Crippen molar-refractivity contribution in [3.8, 4) is 0 Å². The van der Waals surface area contributed by atoms with E-state index in [-0.39, 0.29) is 0 Å². The van der Waals surface area contributed by atoms with E-state index in [1.165, 1.54) is 19.3 Å².